The SMILES string of the molecule is O=c1[nH]c2c(c3ccccc13)-c1ccccc1C2. The van der Waals surface area contributed by atoms with Gasteiger partial charge in [-0.3, -0.25) is 4.79 Å². The zero-order valence-corrected chi connectivity index (χ0v) is 9.73. The van der Waals surface area contributed by atoms with Crippen LogP contribution in [0.15, 0.2) is 53.3 Å². The predicted molar refractivity (Wildman–Crippen MR) is 72.8 cm³/mol. The van der Waals surface area contributed by atoms with E-state index in [0.29, 0.717) is 0 Å². The maximum absolute atomic E-state index is 12.0. The van der Waals surface area contributed by atoms with Crippen LogP contribution in [0, 0.1) is 0 Å². The van der Waals surface area contributed by atoms with E-state index in [-0.39, 0.29) is 5.56 Å². The maximum atomic E-state index is 12.0. The van der Waals surface area contributed by atoms with E-state index in [9.17, 15) is 4.79 Å². The van der Waals surface area contributed by atoms with Crippen LogP contribution in [0.5, 0.6) is 0 Å². The summed E-state index contributed by atoms with van der Waals surface area (Å²) in [5, 5.41) is 1.83. The molecule has 0 bridgehead atoms. The van der Waals surface area contributed by atoms with E-state index in [1.165, 1.54) is 16.7 Å². The molecule has 2 nitrogen and oxygen atoms in total. The summed E-state index contributed by atoms with van der Waals surface area (Å²) in [7, 11) is 0. The highest BCUT2D eigenvalue weighted by atomic mass is 16.1. The van der Waals surface area contributed by atoms with Crippen LogP contribution < -0.4 is 5.56 Å². The first-order valence-corrected chi connectivity index (χ1v) is 6.07. The number of fused-ring (bicyclic) bond motifs is 5. The summed E-state index contributed by atoms with van der Waals surface area (Å²) in [4.78, 5) is 15.1. The number of aromatic nitrogens is 1. The second-order valence-electron chi connectivity index (χ2n) is 4.69. The van der Waals surface area contributed by atoms with E-state index >= 15 is 0 Å². The molecule has 0 atom stereocenters. The third-order valence-corrected chi connectivity index (χ3v) is 3.66. The number of benzene rings is 2. The zero-order valence-electron chi connectivity index (χ0n) is 9.73. The third-order valence-electron chi connectivity index (χ3n) is 3.66. The minimum absolute atomic E-state index is 0.0113. The van der Waals surface area contributed by atoms with Crippen molar-refractivity contribution in [3.8, 4) is 11.1 Å². The van der Waals surface area contributed by atoms with Gasteiger partial charge in [0.2, 0.25) is 0 Å². The highest BCUT2D eigenvalue weighted by Gasteiger charge is 2.21. The number of pyridine rings is 1. The van der Waals surface area contributed by atoms with Crippen LogP contribution in [0.25, 0.3) is 21.9 Å². The van der Waals surface area contributed by atoms with Gasteiger partial charge in [-0.15, -0.1) is 0 Å². The molecule has 18 heavy (non-hydrogen) atoms. The lowest BCUT2D eigenvalue weighted by Gasteiger charge is -2.05. The van der Waals surface area contributed by atoms with E-state index in [0.717, 1.165) is 22.9 Å². The molecule has 0 fully saturated rings. The molecular formula is C16H11NO. The van der Waals surface area contributed by atoms with Crippen LogP contribution in [-0.2, 0) is 6.42 Å². The molecule has 86 valence electrons. The highest BCUT2D eigenvalue weighted by Crippen LogP contribution is 2.38. The van der Waals surface area contributed by atoms with E-state index in [2.05, 4.69) is 17.1 Å². The summed E-state index contributed by atoms with van der Waals surface area (Å²) in [5.41, 5.74) is 4.79. The molecule has 1 N–H and O–H groups in total. The molecule has 4 rings (SSSR count). The Morgan fingerprint density at radius 1 is 0.889 bits per heavy atom. The van der Waals surface area contributed by atoms with Crippen molar-refractivity contribution >= 4 is 10.8 Å². The number of H-pyrrole nitrogens is 1. The van der Waals surface area contributed by atoms with Crippen molar-refractivity contribution < 1.29 is 0 Å². The van der Waals surface area contributed by atoms with E-state index in [4.69, 9.17) is 0 Å². The van der Waals surface area contributed by atoms with E-state index < -0.39 is 0 Å². The first kappa shape index (κ1) is 9.66. The smallest absolute Gasteiger partial charge is 0.256 e. The topological polar surface area (TPSA) is 32.9 Å². The Labute approximate surface area is 104 Å². The number of hydrogen-bond acceptors (Lipinski definition) is 1. The Hall–Kier alpha value is -2.35. The minimum Gasteiger partial charge on any atom is -0.325 e. The second-order valence-corrected chi connectivity index (χ2v) is 4.69. The van der Waals surface area contributed by atoms with Crippen LogP contribution in [0.1, 0.15) is 11.3 Å². The summed E-state index contributed by atoms with van der Waals surface area (Å²) in [6, 6.07) is 16.2. The highest BCUT2D eigenvalue weighted by molar-refractivity contribution is 5.99. The van der Waals surface area contributed by atoms with Gasteiger partial charge in [-0.05, 0) is 22.6 Å². The fourth-order valence-electron chi connectivity index (χ4n) is 2.88. The molecule has 0 amide bonds. The number of aromatic amines is 1. The maximum Gasteiger partial charge on any atom is 0.256 e. The van der Waals surface area contributed by atoms with Crippen molar-refractivity contribution in [1.82, 2.24) is 4.98 Å². The summed E-state index contributed by atoms with van der Waals surface area (Å²) < 4.78 is 0. The molecule has 0 saturated carbocycles. The van der Waals surface area contributed by atoms with Crippen LogP contribution in [0.2, 0.25) is 0 Å². The Bertz CT molecular complexity index is 830. The average molecular weight is 233 g/mol. The zero-order chi connectivity index (χ0) is 12.1. The average Bonchev–Trinajstić information content (AvgIpc) is 2.77. The van der Waals surface area contributed by atoms with Gasteiger partial charge in [0.25, 0.3) is 5.56 Å². The van der Waals surface area contributed by atoms with Gasteiger partial charge in [-0.25, -0.2) is 0 Å². The molecule has 2 aromatic carbocycles. The van der Waals surface area contributed by atoms with Gasteiger partial charge in [0.15, 0.2) is 0 Å². The van der Waals surface area contributed by atoms with Crippen molar-refractivity contribution in [2.24, 2.45) is 0 Å². The largest absolute Gasteiger partial charge is 0.325 e. The Morgan fingerprint density at radius 3 is 2.50 bits per heavy atom. The molecular weight excluding hydrogens is 222 g/mol. The first-order chi connectivity index (χ1) is 8.84. The van der Waals surface area contributed by atoms with Gasteiger partial charge in [0, 0.05) is 23.1 Å². The first-order valence-electron chi connectivity index (χ1n) is 6.07. The standard InChI is InChI=1S/C16H11NO/c18-16-13-8-4-3-7-12(13)15-11-6-2-1-5-10(11)9-14(15)17-16/h1-8H,9H2,(H,17,18). The lowest BCUT2D eigenvalue weighted by atomic mass is 10.0. The van der Waals surface area contributed by atoms with Gasteiger partial charge in [-0.2, -0.15) is 0 Å². The Morgan fingerprint density at radius 2 is 1.61 bits per heavy atom. The quantitative estimate of drug-likeness (QED) is 0.497. The van der Waals surface area contributed by atoms with Crippen molar-refractivity contribution in [1.29, 1.82) is 0 Å². The second kappa shape index (κ2) is 3.33. The summed E-state index contributed by atoms with van der Waals surface area (Å²) >= 11 is 0. The van der Waals surface area contributed by atoms with Gasteiger partial charge < -0.3 is 4.98 Å². The molecule has 0 unspecified atom stereocenters. The normalized spacial score (nSPS) is 12.4. The molecule has 0 radical (unpaired) electrons. The van der Waals surface area contributed by atoms with Crippen molar-refractivity contribution in [2.75, 3.05) is 0 Å². The summed E-state index contributed by atoms with van der Waals surface area (Å²) in [6.07, 6.45) is 0.825. The molecule has 1 aliphatic rings. The fraction of sp³-hybridized carbons (Fsp3) is 0.0625. The fourth-order valence-corrected chi connectivity index (χ4v) is 2.88. The monoisotopic (exact) mass is 233 g/mol. The van der Waals surface area contributed by atoms with Crippen LogP contribution in [0.3, 0.4) is 0 Å². The minimum atomic E-state index is 0.0113. The number of hydrogen-bond donors (Lipinski definition) is 1. The number of nitrogens with one attached hydrogen (secondary N) is 1. The van der Waals surface area contributed by atoms with Crippen LogP contribution in [-0.4, -0.2) is 4.98 Å². The molecule has 0 spiro atoms. The summed E-state index contributed by atoms with van der Waals surface area (Å²) in [6.45, 7) is 0. The van der Waals surface area contributed by atoms with Gasteiger partial charge in [-0.1, -0.05) is 42.5 Å². The molecule has 1 heterocycles. The van der Waals surface area contributed by atoms with Gasteiger partial charge in [0.1, 0.15) is 0 Å². The van der Waals surface area contributed by atoms with Gasteiger partial charge >= 0.3 is 0 Å². The van der Waals surface area contributed by atoms with E-state index in [1.807, 2.05) is 36.4 Å². The summed E-state index contributed by atoms with van der Waals surface area (Å²) in [5.74, 6) is 0. The van der Waals surface area contributed by atoms with Crippen LogP contribution >= 0.6 is 0 Å². The Kier molecular flexibility index (Phi) is 1.78. The van der Waals surface area contributed by atoms with E-state index in [1.54, 1.807) is 0 Å². The predicted octanol–water partition coefficient (Wildman–Crippen LogP) is 3.10. The molecule has 0 saturated heterocycles. The Balaban J connectivity index is 2.22. The molecule has 1 aromatic heterocycles. The molecule has 3 aromatic rings. The molecule has 2 heteroatoms. The van der Waals surface area contributed by atoms with Gasteiger partial charge in [0.05, 0.1) is 0 Å². The lowest BCUT2D eigenvalue weighted by Crippen LogP contribution is -2.09. The molecule has 0 aliphatic heterocycles. The lowest BCUT2D eigenvalue weighted by molar-refractivity contribution is 1.10. The van der Waals surface area contributed by atoms with Crippen molar-refractivity contribution in [2.45, 2.75) is 6.42 Å². The van der Waals surface area contributed by atoms with Crippen LogP contribution in [0.4, 0.5) is 0 Å². The van der Waals surface area contributed by atoms with Crippen molar-refractivity contribution in [3.63, 3.8) is 0 Å². The van der Waals surface area contributed by atoms with Crippen molar-refractivity contribution in [3.05, 3.63) is 70.1 Å². The molecule has 1 aliphatic carbocycles. The third kappa shape index (κ3) is 1.15. The number of rotatable bonds is 0.